The number of esters is 1. The van der Waals surface area contributed by atoms with E-state index in [1.807, 2.05) is 0 Å². The molecule has 1 amide bonds. The zero-order valence-electron chi connectivity index (χ0n) is 12.0. The summed E-state index contributed by atoms with van der Waals surface area (Å²) in [7, 11) is 0. The predicted molar refractivity (Wildman–Crippen MR) is 88.6 cm³/mol. The highest BCUT2D eigenvalue weighted by molar-refractivity contribution is 6.31. The highest BCUT2D eigenvalue weighted by atomic mass is 35.5. The molecule has 3 N–H and O–H groups in total. The van der Waals surface area contributed by atoms with Gasteiger partial charge in [-0.05, 0) is 37.3 Å². The smallest absolute Gasteiger partial charge is 0.341 e. The fraction of sp³-hybridized carbons (Fsp3) is 0.133. The average Bonchev–Trinajstić information content (AvgIpc) is 2.49. The highest BCUT2D eigenvalue weighted by Gasteiger charge is 2.20. The van der Waals surface area contributed by atoms with Crippen molar-refractivity contribution in [1.29, 1.82) is 0 Å². The van der Waals surface area contributed by atoms with Crippen molar-refractivity contribution in [3.8, 4) is 0 Å². The fourth-order valence-electron chi connectivity index (χ4n) is 1.67. The Labute approximate surface area is 142 Å². The number of nitrogens with one attached hydrogen (secondary N) is 1. The lowest BCUT2D eigenvalue weighted by molar-refractivity contribution is -0.123. The second-order valence-corrected chi connectivity index (χ2v) is 5.50. The van der Waals surface area contributed by atoms with Gasteiger partial charge in [-0.3, -0.25) is 4.79 Å². The van der Waals surface area contributed by atoms with Crippen LogP contribution in [0.3, 0.4) is 0 Å². The number of nitrogen functional groups attached to an aromatic ring is 1. The first kappa shape index (κ1) is 17.1. The largest absolute Gasteiger partial charge is 0.449 e. The van der Waals surface area contributed by atoms with Gasteiger partial charge in [-0.15, -0.1) is 0 Å². The molecule has 6 nitrogen and oxygen atoms in total. The Hall–Kier alpha value is -2.31. The normalized spacial score (nSPS) is 11.6. The van der Waals surface area contributed by atoms with Crippen molar-refractivity contribution in [1.82, 2.24) is 4.98 Å². The maximum atomic E-state index is 12.0. The molecule has 23 heavy (non-hydrogen) atoms. The van der Waals surface area contributed by atoms with Gasteiger partial charge in [0.05, 0.1) is 10.6 Å². The van der Waals surface area contributed by atoms with Crippen LogP contribution in [-0.2, 0) is 9.53 Å². The van der Waals surface area contributed by atoms with Gasteiger partial charge in [0.25, 0.3) is 5.91 Å². The van der Waals surface area contributed by atoms with Gasteiger partial charge < -0.3 is 15.8 Å². The van der Waals surface area contributed by atoms with Crippen molar-refractivity contribution in [2.24, 2.45) is 0 Å². The van der Waals surface area contributed by atoms with Crippen molar-refractivity contribution in [2.75, 3.05) is 11.1 Å². The molecule has 1 aromatic carbocycles. The van der Waals surface area contributed by atoms with Crippen LogP contribution in [0.1, 0.15) is 17.3 Å². The topological polar surface area (TPSA) is 94.3 Å². The minimum absolute atomic E-state index is 0.138. The minimum atomic E-state index is -1.03. The average molecular weight is 354 g/mol. The number of amides is 1. The van der Waals surface area contributed by atoms with Crippen molar-refractivity contribution >= 4 is 46.6 Å². The second-order valence-electron chi connectivity index (χ2n) is 4.63. The van der Waals surface area contributed by atoms with Crippen LogP contribution in [-0.4, -0.2) is 23.0 Å². The van der Waals surface area contributed by atoms with E-state index in [1.54, 1.807) is 6.07 Å². The molecule has 0 aliphatic heterocycles. The Morgan fingerprint density at radius 3 is 2.52 bits per heavy atom. The highest BCUT2D eigenvalue weighted by Crippen LogP contribution is 2.19. The summed E-state index contributed by atoms with van der Waals surface area (Å²) in [6.07, 6.45) is 0.359. The van der Waals surface area contributed by atoms with E-state index in [-0.39, 0.29) is 11.3 Å². The summed E-state index contributed by atoms with van der Waals surface area (Å²) in [6, 6.07) is 7.49. The molecule has 120 valence electrons. The molecule has 0 saturated heterocycles. The maximum absolute atomic E-state index is 12.0. The Morgan fingerprint density at radius 1 is 1.22 bits per heavy atom. The summed E-state index contributed by atoms with van der Waals surface area (Å²) < 4.78 is 5.09. The molecule has 0 fully saturated rings. The van der Waals surface area contributed by atoms with Gasteiger partial charge in [0.15, 0.2) is 6.10 Å². The number of hydrogen-bond acceptors (Lipinski definition) is 5. The molecule has 8 heteroatoms. The standard InChI is InChI=1S/C15H13Cl2N3O3/c1-8(14(21)20-13-5-3-10(17)7-19-13)23-15(22)11-4-2-9(16)6-12(11)18/h2-8H,18H2,1H3,(H,19,20,21). The third-order valence-electron chi connectivity index (χ3n) is 2.87. The summed E-state index contributed by atoms with van der Waals surface area (Å²) in [5.41, 5.74) is 6.02. The lowest BCUT2D eigenvalue weighted by atomic mass is 10.2. The molecule has 1 heterocycles. The van der Waals surface area contributed by atoms with E-state index in [0.717, 1.165) is 0 Å². The number of nitrogens with two attached hydrogens (primary N) is 1. The van der Waals surface area contributed by atoms with Gasteiger partial charge >= 0.3 is 5.97 Å². The van der Waals surface area contributed by atoms with Crippen LogP contribution in [0.2, 0.25) is 10.0 Å². The van der Waals surface area contributed by atoms with Crippen LogP contribution in [0, 0.1) is 0 Å². The van der Waals surface area contributed by atoms with E-state index >= 15 is 0 Å². The Kier molecular flexibility index (Phi) is 5.41. The lowest BCUT2D eigenvalue weighted by Gasteiger charge is -2.14. The number of anilines is 2. The molecule has 1 atom stereocenters. The predicted octanol–water partition coefficient (Wildman–Crippen LogP) is 3.15. The third-order valence-corrected chi connectivity index (χ3v) is 3.32. The number of carbonyl (C=O) groups excluding carboxylic acids is 2. The number of aromatic nitrogens is 1. The summed E-state index contributed by atoms with van der Waals surface area (Å²) in [6.45, 7) is 1.44. The van der Waals surface area contributed by atoms with E-state index in [9.17, 15) is 9.59 Å². The first-order chi connectivity index (χ1) is 10.9. The molecule has 1 unspecified atom stereocenters. The van der Waals surface area contributed by atoms with Gasteiger partial charge in [-0.1, -0.05) is 23.2 Å². The first-order valence-electron chi connectivity index (χ1n) is 6.55. The summed E-state index contributed by atoms with van der Waals surface area (Å²) in [5, 5.41) is 3.36. The number of ether oxygens (including phenoxy) is 1. The first-order valence-corrected chi connectivity index (χ1v) is 7.31. The summed E-state index contributed by atoms with van der Waals surface area (Å²) in [4.78, 5) is 27.9. The SMILES string of the molecule is CC(OC(=O)c1ccc(Cl)cc1N)C(=O)Nc1ccc(Cl)cn1. The van der Waals surface area contributed by atoms with E-state index in [0.29, 0.717) is 15.9 Å². The molecular formula is C15H13Cl2N3O3. The monoisotopic (exact) mass is 353 g/mol. The minimum Gasteiger partial charge on any atom is -0.449 e. The number of carbonyl (C=O) groups is 2. The van der Waals surface area contributed by atoms with Crippen LogP contribution in [0.15, 0.2) is 36.5 Å². The Morgan fingerprint density at radius 2 is 1.91 bits per heavy atom. The Bertz CT molecular complexity index is 735. The fourth-order valence-corrected chi connectivity index (χ4v) is 1.97. The number of nitrogens with zero attached hydrogens (tertiary/aromatic N) is 1. The van der Waals surface area contributed by atoms with Crippen molar-refractivity contribution in [3.63, 3.8) is 0 Å². The Balaban J connectivity index is 2.00. The summed E-state index contributed by atoms with van der Waals surface area (Å²) >= 11 is 11.5. The van der Waals surface area contributed by atoms with Crippen molar-refractivity contribution in [2.45, 2.75) is 13.0 Å². The van der Waals surface area contributed by atoms with Crippen molar-refractivity contribution in [3.05, 3.63) is 52.1 Å². The quantitative estimate of drug-likeness (QED) is 0.650. The molecule has 2 aromatic rings. The number of rotatable bonds is 4. The molecular weight excluding hydrogens is 341 g/mol. The zero-order valence-corrected chi connectivity index (χ0v) is 13.6. The molecule has 0 aliphatic carbocycles. The van der Waals surface area contributed by atoms with Crippen LogP contribution < -0.4 is 11.1 Å². The molecule has 1 aromatic heterocycles. The lowest BCUT2D eigenvalue weighted by Crippen LogP contribution is -2.30. The van der Waals surface area contributed by atoms with Gasteiger partial charge in [-0.25, -0.2) is 9.78 Å². The van der Waals surface area contributed by atoms with E-state index in [4.69, 9.17) is 33.7 Å². The van der Waals surface area contributed by atoms with Gasteiger partial charge in [-0.2, -0.15) is 0 Å². The molecule has 0 aliphatic rings. The third kappa shape index (κ3) is 4.58. The van der Waals surface area contributed by atoms with Gasteiger partial charge in [0, 0.05) is 16.9 Å². The van der Waals surface area contributed by atoms with Crippen LogP contribution >= 0.6 is 23.2 Å². The number of halogens is 2. The van der Waals surface area contributed by atoms with Crippen LogP contribution in [0.25, 0.3) is 0 Å². The van der Waals surface area contributed by atoms with Crippen LogP contribution in [0.5, 0.6) is 0 Å². The maximum Gasteiger partial charge on any atom is 0.341 e. The molecule has 0 saturated carbocycles. The molecule has 0 spiro atoms. The van der Waals surface area contributed by atoms with Crippen molar-refractivity contribution < 1.29 is 14.3 Å². The van der Waals surface area contributed by atoms with Gasteiger partial charge in [0.2, 0.25) is 0 Å². The van der Waals surface area contributed by atoms with E-state index < -0.39 is 18.0 Å². The number of benzene rings is 1. The van der Waals surface area contributed by atoms with Crippen LogP contribution in [0.4, 0.5) is 11.5 Å². The number of pyridine rings is 1. The molecule has 0 radical (unpaired) electrons. The van der Waals surface area contributed by atoms with E-state index in [2.05, 4.69) is 10.3 Å². The van der Waals surface area contributed by atoms with Gasteiger partial charge in [0.1, 0.15) is 5.82 Å². The number of hydrogen-bond donors (Lipinski definition) is 2. The summed E-state index contributed by atoms with van der Waals surface area (Å²) in [5.74, 6) is -0.945. The molecule has 2 rings (SSSR count). The molecule has 0 bridgehead atoms. The second kappa shape index (κ2) is 7.30. The van der Waals surface area contributed by atoms with E-state index in [1.165, 1.54) is 37.4 Å². The zero-order chi connectivity index (χ0) is 17.0.